The van der Waals surface area contributed by atoms with Crippen LogP contribution in [-0.4, -0.2) is 137 Å². The van der Waals surface area contributed by atoms with Gasteiger partial charge in [0.1, 0.15) is 25.3 Å². The van der Waals surface area contributed by atoms with E-state index in [4.69, 9.17) is 18.9 Å². The topological polar surface area (TPSA) is 240 Å². The molecule has 254 valence electrons. The van der Waals surface area contributed by atoms with E-state index in [0.29, 0.717) is 45.6 Å². The summed E-state index contributed by atoms with van der Waals surface area (Å²) in [4.78, 5) is 69.5. The third kappa shape index (κ3) is 25.1. The van der Waals surface area contributed by atoms with Crippen molar-refractivity contribution in [2.24, 2.45) is 0 Å². The standard InChI is InChI=1S/C27H49N5O12/c1-20(33)29-9-5-3-4-6-21(26(37)38)31-24(35)18-44-17-15-42-13-11-30-23(34)8-7-22(27(39)40)32-25(36)19-43-16-14-41-12-10-28-2/h21-22,28H,3-19H2,1-2H3,(H,29,33)(H,30,34)(H,31,35)(H,32,36)(H,37,38)(H,39,40)/t21-,22-/m1/s1. The fourth-order valence-corrected chi connectivity index (χ4v) is 3.47. The molecule has 0 aromatic rings. The largest absolute Gasteiger partial charge is 0.480 e. The number of likely N-dealkylation sites (N-methyl/N-ethyl adjacent to an activating group) is 1. The van der Waals surface area contributed by atoms with E-state index >= 15 is 0 Å². The van der Waals surface area contributed by atoms with Crippen molar-refractivity contribution in [3.05, 3.63) is 0 Å². The molecule has 7 N–H and O–H groups in total. The van der Waals surface area contributed by atoms with E-state index in [1.165, 1.54) is 6.92 Å². The van der Waals surface area contributed by atoms with Crippen LogP contribution in [0.15, 0.2) is 0 Å². The third-order valence-corrected chi connectivity index (χ3v) is 5.75. The Morgan fingerprint density at radius 1 is 0.591 bits per heavy atom. The Bertz CT molecular complexity index is 861. The van der Waals surface area contributed by atoms with Gasteiger partial charge >= 0.3 is 11.9 Å². The average molecular weight is 636 g/mol. The Labute approximate surface area is 257 Å². The molecule has 17 nitrogen and oxygen atoms in total. The van der Waals surface area contributed by atoms with Gasteiger partial charge in [0.25, 0.3) is 0 Å². The molecule has 0 aliphatic heterocycles. The molecule has 0 aliphatic rings. The van der Waals surface area contributed by atoms with E-state index in [1.54, 1.807) is 7.05 Å². The molecule has 0 aromatic carbocycles. The molecule has 0 radical (unpaired) electrons. The van der Waals surface area contributed by atoms with E-state index in [2.05, 4.69) is 26.6 Å². The molecule has 0 aliphatic carbocycles. The van der Waals surface area contributed by atoms with Gasteiger partial charge in [0.05, 0.1) is 39.6 Å². The number of carboxylic acid groups (broad SMARTS) is 2. The molecule has 0 saturated carbocycles. The summed E-state index contributed by atoms with van der Waals surface area (Å²) in [6, 6.07) is -2.28. The average Bonchev–Trinajstić information content (AvgIpc) is 2.96. The summed E-state index contributed by atoms with van der Waals surface area (Å²) in [7, 11) is 1.79. The number of hydrogen-bond donors (Lipinski definition) is 7. The first kappa shape index (κ1) is 40.6. The molecule has 0 heterocycles. The number of nitrogens with one attached hydrogen (secondary N) is 5. The van der Waals surface area contributed by atoms with Crippen LogP contribution in [0.4, 0.5) is 0 Å². The fraction of sp³-hybridized carbons (Fsp3) is 0.778. The summed E-state index contributed by atoms with van der Waals surface area (Å²) < 4.78 is 20.9. The van der Waals surface area contributed by atoms with Crippen molar-refractivity contribution >= 4 is 35.6 Å². The van der Waals surface area contributed by atoms with Crippen LogP contribution in [0.1, 0.15) is 45.4 Å². The van der Waals surface area contributed by atoms with E-state index < -0.39 is 41.7 Å². The van der Waals surface area contributed by atoms with Crippen LogP contribution in [0.3, 0.4) is 0 Å². The number of carboxylic acids is 2. The maximum atomic E-state index is 12.0. The smallest absolute Gasteiger partial charge is 0.326 e. The monoisotopic (exact) mass is 635 g/mol. The summed E-state index contributed by atoms with van der Waals surface area (Å²) in [5.74, 6) is -4.14. The molecular weight excluding hydrogens is 586 g/mol. The summed E-state index contributed by atoms with van der Waals surface area (Å²) >= 11 is 0. The van der Waals surface area contributed by atoms with E-state index in [0.717, 1.165) is 0 Å². The van der Waals surface area contributed by atoms with Gasteiger partial charge in [-0.2, -0.15) is 0 Å². The summed E-state index contributed by atoms with van der Waals surface area (Å²) in [5.41, 5.74) is 0. The zero-order valence-corrected chi connectivity index (χ0v) is 25.7. The second-order valence-electron chi connectivity index (χ2n) is 9.57. The molecule has 0 bridgehead atoms. The second-order valence-corrected chi connectivity index (χ2v) is 9.57. The maximum absolute atomic E-state index is 12.0. The molecule has 44 heavy (non-hydrogen) atoms. The first-order valence-corrected chi connectivity index (χ1v) is 14.6. The van der Waals surface area contributed by atoms with Crippen LogP contribution in [0.5, 0.6) is 0 Å². The number of carbonyl (C=O) groups is 6. The van der Waals surface area contributed by atoms with Crippen molar-refractivity contribution in [2.45, 2.75) is 57.5 Å². The van der Waals surface area contributed by atoms with Crippen molar-refractivity contribution in [2.75, 3.05) is 79.5 Å². The molecule has 0 aromatic heterocycles. The van der Waals surface area contributed by atoms with Crippen molar-refractivity contribution < 1.29 is 57.9 Å². The van der Waals surface area contributed by atoms with Gasteiger partial charge < -0.3 is 55.7 Å². The van der Waals surface area contributed by atoms with Crippen LogP contribution in [0, 0.1) is 0 Å². The molecule has 0 saturated heterocycles. The zero-order valence-electron chi connectivity index (χ0n) is 25.7. The van der Waals surface area contributed by atoms with Crippen LogP contribution in [0.2, 0.25) is 0 Å². The van der Waals surface area contributed by atoms with E-state index in [9.17, 15) is 39.0 Å². The molecular formula is C27H49N5O12. The van der Waals surface area contributed by atoms with Crippen molar-refractivity contribution in [1.29, 1.82) is 0 Å². The third-order valence-electron chi connectivity index (χ3n) is 5.75. The maximum Gasteiger partial charge on any atom is 0.326 e. The number of rotatable bonds is 29. The van der Waals surface area contributed by atoms with Crippen LogP contribution in [-0.2, 0) is 47.7 Å². The first-order chi connectivity index (χ1) is 21.1. The first-order valence-electron chi connectivity index (χ1n) is 14.6. The minimum absolute atomic E-state index is 0.0648. The van der Waals surface area contributed by atoms with E-state index in [-0.39, 0.29) is 71.4 Å². The van der Waals surface area contributed by atoms with Crippen LogP contribution in [0.25, 0.3) is 0 Å². The van der Waals surface area contributed by atoms with Gasteiger partial charge in [-0.3, -0.25) is 19.2 Å². The lowest BCUT2D eigenvalue weighted by Gasteiger charge is -2.15. The van der Waals surface area contributed by atoms with Crippen LogP contribution < -0.4 is 26.6 Å². The number of amides is 4. The second kappa shape index (κ2) is 27.2. The normalized spacial score (nSPS) is 12.1. The number of aliphatic carboxylic acids is 2. The minimum Gasteiger partial charge on any atom is -0.480 e. The quantitative estimate of drug-likeness (QED) is 0.0441. The molecule has 0 rings (SSSR count). The van der Waals surface area contributed by atoms with Gasteiger partial charge in [-0.15, -0.1) is 0 Å². The lowest BCUT2D eigenvalue weighted by Crippen LogP contribution is -2.43. The highest BCUT2D eigenvalue weighted by Crippen LogP contribution is 2.04. The lowest BCUT2D eigenvalue weighted by atomic mass is 10.1. The Balaban J connectivity index is 3.93. The summed E-state index contributed by atoms with van der Waals surface area (Å²) in [6.45, 7) is 3.40. The Morgan fingerprint density at radius 3 is 1.64 bits per heavy atom. The van der Waals surface area contributed by atoms with Gasteiger partial charge in [-0.05, 0) is 26.3 Å². The van der Waals surface area contributed by atoms with Crippen molar-refractivity contribution in [1.82, 2.24) is 26.6 Å². The molecule has 4 amide bonds. The number of carbonyl (C=O) groups excluding carboxylic acids is 4. The van der Waals surface area contributed by atoms with Crippen molar-refractivity contribution in [3.63, 3.8) is 0 Å². The van der Waals surface area contributed by atoms with E-state index in [1.807, 2.05) is 0 Å². The fourth-order valence-electron chi connectivity index (χ4n) is 3.47. The van der Waals surface area contributed by atoms with Gasteiger partial charge in [0.2, 0.25) is 23.6 Å². The molecule has 0 fully saturated rings. The highest BCUT2D eigenvalue weighted by Gasteiger charge is 2.21. The van der Waals surface area contributed by atoms with Gasteiger partial charge in [0.15, 0.2) is 0 Å². The predicted octanol–water partition coefficient (Wildman–Crippen LogP) is -2.00. The molecule has 17 heteroatoms. The molecule has 0 unspecified atom stereocenters. The van der Waals surface area contributed by atoms with Gasteiger partial charge in [0, 0.05) is 33.0 Å². The Kier molecular flexibility index (Phi) is 25.1. The molecule has 0 spiro atoms. The number of unbranched alkanes of at least 4 members (excludes halogenated alkanes) is 2. The zero-order chi connectivity index (χ0) is 33.0. The lowest BCUT2D eigenvalue weighted by molar-refractivity contribution is -0.143. The van der Waals surface area contributed by atoms with Crippen LogP contribution >= 0.6 is 0 Å². The van der Waals surface area contributed by atoms with Gasteiger partial charge in [-0.1, -0.05) is 12.8 Å². The van der Waals surface area contributed by atoms with Gasteiger partial charge in [-0.25, -0.2) is 9.59 Å². The Hall–Kier alpha value is -3.38. The van der Waals surface area contributed by atoms with Crippen molar-refractivity contribution in [3.8, 4) is 0 Å². The number of ether oxygens (including phenoxy) is 4. The molecule has 2 atom stereocenters. The minimum atomic E-state index is -1.27. The SMILES string of the molecule is CNCCOCCOCC(=O)N[C@H](CCC(=O)NCCOCCOCC(=O)N[C@H](CCCCCNC(C)=O)C(=O)O)C(=O)O. The highest BCUT2D eigenvalue weighted by atomic mass is 16.5. The highest BCUT2D eigenvalue weighted by molar-refractivity contribution is 5.85. The summed E-state index contributed by atoms with van der Waals surface area (Å²) in [5, 5.41) is 31.5. The number of hydrogen-bond acceptors (Lipinski definition) is 11. The Morgan fingerprint density at radius 2 is 1.11 bits per heavy atom. The summed E-state index contributed by atoms with van der Waals surface area (Å²) in [6.07, 6.45) is 2.00. The predicted molar refractivity (Wildman–Crippen MR) is 156 cm³/mol.